The van der Waals surface area contributed by atoms with Crippen LogP contribution in [0.2, 0.25) is 0 Å². The summed E-state index contributed by atoms with van der Waals surface area (Å²) in [7, 11) is 0. The van der Waals surface area contributed by atoms with Gasteiger partial charge in [-0.1, -0.05) is 19.4 Å². The van der Waals surface area contributed by atoms with Crippen LogP contribution in [0.4, 0.5) is 13.2 Å². The molecule has 1 heterocycles. The van der Waals surface area contributed by atoms with Gasteiger partial charge in [0.1, 0.15) is 0 Å². The van der Waals surface area contributed by atoms with Gasteiger partial charge < -0.3 is 9.80 Å². The molecular weight excluding hydrogens is 273 g/mol. The van der Waals surface area contributed by atoms with Gasteiger partial charge in [0, 0.05) is 32.3 Å². The maximum Gasteiger partial charge on any atom is 0.471 e. The van der Waals surface area contributed by atoms with Gasteiger partial charge in [-0.25, -0.2) is 0 Å². The van der Waals surface area contributed by atoms with Crippen molar-refractivity contribution in [3.8, 4) is 0 Å². The molecule has 1 aliphatic rings. The number of halogens is 3. The molecule has 0 aliphatic carbocycles. The Kier molecular flexibility index (Phi) is 5.19. The van der Waals surface area contributed by atoms with Crippen LogP contribution in [0.15, 0.2) is 11.6 Å². The number of allylic oxidation sites excluding steroid dienone is 1. The van der Waals surface area contributed by atoms with Gasteiger partial charge in [-0.3, -0.25) is 9.59 Å². The highest BCUT2D eigenvalue weighted by Gasteiger charge is 2.43. The molecule has 1 aliphatic heterocycles. The third-order valence-electron chi connectivity index (χ3n) is 3.38. The predicted molar refractivity (Wildman–Crippen MR) is 67.8 cm³/mol. The number of rotatable bonds is 2. The average molecular weight is 292 g/mol. The van der Waals surface area contributed by atoms with E-state index in [-0.39, 0.29) is 38.0 Å². The van der Waals surface area contributed by atoms with E-state index in [1.54, 1.807) is 0 Å². The highest BCUT2D eigenvalue weighted by molar-refractivity contribution is 5.88. The highest BCUT2D eigenvalue weighted by atomic mass is 19.4. The minimum atomic E-state index is -4.85. The van der Waals surface area contributed by atoms with Gasteiger partial charge in [0.2, 0.25) is 5.91 Å². The Morgan fingerprint density at radius 3 is 1.90 bits per heavy atom. The summed E-state index contributed by atoms with van der Waals surface area (Å²) in [6.07, 6.45) is -3.34. The van der Waals surface area contributed by atoms with E-state index in [1.807, 2.05) is 20.8 Å². The van der Waals surface area contributed by atoms with Crippen molar-refractivity contribution in [2.24, 2.45) is 5.92 Å². The van der Waals surface area contributed by atoms with E-state index in [2.05, 4.69) is 0 Å². The Morgan fingerprint density at radius 2 is 1.50 bits per heavy atom. The van der Waals surface area contributed by atoms with Gasteiger partial charge >= 0.3 is 12.1 Å². The monoisotopic (exact) mass is 292 g/mol. The molecule has 0 atom stereocenters. The van der Waals surface area contributed by atoms with E-state index < -0.39 is 12.1 Å². The molecule has 4 nitrogen and oxygen atoms in total. The molecule has 0 aromatic rings. The van der Waals surface area contributed by atoms with Crippen molar-refractivity contribution in [3.63, 3.8) is 0 Å². The quantitative estimate of drug-likeness (QED) is 0.728. The number of amides is 2. The number of alkyl halides is 3. The maximum absolute atomic E-state index is 12.3. The normalized spacial score (nSPS) is 17.6. The molecule has 1 rings (SSSR count). The standard InChI is InChI=1S/C13H19F3N2O2/c1-9(2)10(3)8-11(19)17-4-6-18(7-5-17)12(20)13(14,15)16/h8-9H,4-7H2,1-3H3/b10-8+. The lowest BCUT2D eigenvalue weighted by Crippen LogP contribution is -2.53. The van der Waals surface area contributed by atoms with Gasteiger partial charge in [0.05, 0.1) is 0 Å². The zero-order valence-corrected chi connectivity index (χ0v) is 11.8. The second-order valence-corrected chi connectivity index (χ2v) is 5.16. The molecule has 0 unspecified atom stereocenters. The van der Waals surface area contributed by atoms with Gasteiger partial charge in [-0.15, -0.1) is 0 Å². The topological polar surface area (TPSA) is 40.6 Å². The number of piperazine rings is 1. The molecule has 0 saturated carbocycles. The summed E-state index contributed by atoms with van der Waals surface area (Å²) in [6, 6.07) is 0. The molecule has 1 saturated heterocycles. The summed E-state index contributed by atoms with van der Waals surface area (Å²) in [6.45, 7) is 5.84. The van der Waals surface area contributed by atoms with E-state index in [0.717, 1.165) is 10.5 Å². The Hall–Kier alpha value is -1.53. The lowest BCUT2D eigenvalue weighted by Gasteiger charge is -2.34. The van der Waals surface area contributed by atoms with E-state index in [0.29, 0.717) is 0 Å². The number of hydrogen-bond acceptors (Lipinski definition) is 2. The molecule has 0 spiro atoms. The van der Waals surface area contributed by atoms with E-state index >= 15 is 0 Å². The molecule has 0 N–H and O–H groups in total. The third kappa shape index (κ3) is 4.25. The summed E-state index contributed by atoms with van der Waals surface area (Å²) in [5.41, 5.74) is 0.920. The lowest BCUT2D eigenvalue weighted by atomic mass is 10.0. The number of nitrogens with zero attached hydrogens (tertiary/aromatic N) is 2. The Labute approximate surface area is 116 Å². The smallest absolute Gasteiger partial charge is 0.336 e. The van der Waals surface area contributed by atoms with Gasteiger partial charge in [-0.2, -0.15) is 13.2 Å². The van der Waals surface area contributed by atoms with Crippen LogP contribution in [-0.4, -0.2) is 54.0 Å². The van der Waals surface area contributed by atoms with Crippen LogP contribution >= 0.6 is 0 Å². The van der Waals surface area contributed by atoms with Crippen molar-refractivity contribution >= 4 is 11.8 Å². The molecule has 0 aromatic carbocycles. The first-order chi connectivity index (χ1) is 9.12. The van der Waals surface area contributed by atoms with Crippen LogP contribution in [0.5, 0.6) is 0 Å². The minimum absolute atomic E-state index is 0.0847. The molecular formula is C13H19F3N2O2. The summed E-state index contributed by atoms with van der Waals surface area (Å²) in [5, 5.41) is 0. The molecule has 2 amide bonds. The molecule has 0 bridgehead atoms. The maximum atomic E-state index is 12.3. The fourth-order valence-electron chi connectivity index (χ4n) is 1.76. The third-order valence-corrected chi connectivity index (χ3v) is 3.38. The average Bonchev–Trinajstić information content (AvgIpc) is 2.36. The number of carbonyl (C=O) groups excluding carboxylic acids is 2. The first kappa shape index (κ1) is 16.5. The highest BCUT2D eigenvalue weighted by Crippen LogP contribution is 2.19. The van der Waals surface area contributed by atoms with E-state index in [4.69, 9.17) is 0 Å². The van der Waals surface area contributed by atoms with E-state index in [1.165, 1.54) is 11.0 Å². The largest absolute Gasteiger partial charge is 0.471 e. The molecule has 0 radical (unpaired) electrons. The summed E-state index contributed by atoms with van der Waals surface area (Å²) >= 11 is 0. The van der Waals surface area contributed by atoms with Crippen LogP contribution in [0.25, 0.3) is 0 Å². The van der Waals surface area contributed by atoms with Gasteiger partial charge in [0.25, 0.3) is 0 Å². The molecule has 7 heteroatoms. The molecule has 1 fully saturated rings. The van der Waals surface area contributed by atoms with Gasteiger partial charge in [0.15, 0.2) is 0 Å². The van der Waals surface area contributed by atoms with E-state index in [9.17, 15) is 22.8 Å². The van der Waals surface area contributed by atoms with Gasteiger partial charge in [-0.05, 0) is 12.8 Å². The predicted octanol–water partition coefficient (Wildman–Crippen LogP) is 1.82. The zero-order chi connectivity index (χ0) is 15.5. The Bertz CT molecular complexity index is 408. The van der Waals surface area contributed by atoms with Crippen molar-refractivity contribution in [3.05, 3.63) is 11.6 Å². The van der Waals surface area contributed by atoms with Crippen molar-refractivity contribution < 1.29 is 22.8 Å². The second-order valence-electron chi connectivity index (χ2n) is 5.16. The summed E-state index contributed by atoms with van der Waals surface area (Å²) in [5.74, 6) is -1.80. The van der Waals surface area contributed by atoms with Crippen LogP contribution in [-0.2, 0) is 9.59 Å². The van der Waals surface area contributed by atoms with Crippen LogP contribution in [0, 0.1) is 5.92 Å². The fourth-order valence-corrected chi connectivity index (χ4v) is 1.76. The second kappa shape index (κ2) is 6.28. The fraction of sp³-hybridized carbons (Fsp3) is 0.692. The SMILES string of the molecule is C/C(=C\C(=O)N1CCN(C(=O)C(F)(F)F)CC1)C(C)C. The van der Waals surface area contributed by atoms with Crippen LogP contribution < -0.4 is 0 Å². The van der Waals surface area contributed by atoms with Crippen molar-refractivity contribution in [2.45, 2.75) is 26.9 Å². The summed E-state index contributed by atoms with van der Waals surface area (Å²) < 4.78 is 36.8. The van der Waals surface area contributed by atoms with Crippen molar-refractivity contribution in [1.82, 2.24) is 9.80 Å². The van der Waals surface area contributed by atoms with Crippen molar-refractivity contribution in [1.29, 1.82) is 0 Å². The Balaban J connectivity index is 2.57. The Morgan fingerprint density at radius 1 is 1.05 bits per heavy atom. The minimum Gasteiger partial charge on any atom is -0.336 e. The zero-order valence-electron chi connectivity index (χ0n) is 11.8. The summed E-state index contributed by atoms with van der Waals surface area (Å²) in [4.78, 5) is 25.2. The van der Waals surface area contributed by atoms with Crippen LogP contribution in [0.1, 0.15) is 20.8 Å². The molecule has 0 aromatic heterocycles. The van der Waals surface area contributed by atoms with Crippen LogP contribution in [0.3, 0.4) is 0 Å². The first-order valence-corrected chi connectivity index (χ1v) is 6.46. The molecule has 114 valence electrons. The molecule has 20 heavy (non-hydrogen) atoms. The lowest BCUT2D eigenvalue weighted by molar-refractivity contribution is -0.187. The number of carbonyl (C=O) groups is 2. The van der Waals surface area contributed by atoms with Crippen molar-refractivity contribution in [2.75, 3.05) is 26.2 Å². The first-order valence-electron chi connectivity index (χ1n) is 6.46. The number of hydrogen-bond donors (Lipinski definition) is 0.